The average molecular weight is 456 g/mol. The van der Waals surface area contributed by atoms with E-state index in [9.17, 15) is 4.79 Å². The van der Waals surface area contributed by atoms with Gasteiger partial charge in [0.05, 0.1) is 5.69 Å². The van der Waals surface area contributed by atoms with Gasteiger partial charge in [0.25, 0.3) is 0 Å². The van der Waals surface area contributed by atoms with Crippen LogP contribution in [0.25, 0.3) is 11.1 Å². The number of benzene rings is 1. The third-order valence-electron chi connectivity index (χ3n) is 5.10. The van der Waals surface area contributed by atoms with Crippen molar-refractivity contribution < 1.29 is 18.7 Å². The van der Waals surface area contributed by atoms with Crippen LogP contribution in [0.15, 0.2) is 67.3 Å². The fourth-order valence-electron chi connectivity index (χ4n) is 3.29. The Bertz CT molecular complexity index is 945. The van der Waals surface area contributed by atoms with Gasteiger partial charge in [-0.3, -0.25) is 9.69 Å². The second-order valence-corrected chi connectivity index (χ2v) is 7.79. The molecule has 0 aliphatic carbocycles. The van der Waals surface area contributed by atoms with E-state index in [1.165, 1.54) is 11.1 Å². The number of rotatable bonds is 7. The fourth-order valence-corrected chi connectivity index (χ4v) is 3.44. The van der Waals surface area contributed by atoms with Crippen molar-refractivity contribution in [3.63, 3.8) is 0 Å². The average Bonchev–Trinajstić information content (AvgIpc) is 2.81. The summed E-state index contributed by atoms with van der Waals surface area (Å²) >= 11 is 5.68. The highest BCUT2D eigenvalue weighted by Crippen LogP contribution is 2.26. The summed E-state index contributed by atoms with van der Waals surface area (Å²) in [6.07, 6.45) is 9.10. The SMILES string of the molecule is CCOCN(C(=O)CCl)c1c(C)cccc1CC.C[n+]1ccc(-c2cc[n+](C)cc2)cc1. The Morgan fingerprint density at radius 3 is 1.91 bits per heavy atom. The Hall–Kier alpha value is -2.76. The van der Waals surface area contributed by atoms with Crippen LogP contribution in [0.1, 0.15) is 25.0 Å². The number of aryl methyl sites for hydroxylation is 4. The van der Waals surface area contributed by atoms with Gasteiger partial charge in [-0.25, -0.2) is 9.13 Å². The molecule has 0 unspecified atom stereocenters. The highest BCUT2D eigenvalue weighted by atomic mass is 35.5. The molecule has 0 aliphatic heterocycles. The maximum Gasteiger partial charge on any atom is 0.243 e. The number of pyridine rings is 2. The molecule has 3 rings (SSSR count). The maximum absolute atomic E-state index is 12.0. The van der Waals surface area contributed by atoms with Crippen LogP contribution < -0.4 is 14.0 Å². The van der Waals surface area contributed by atoms with Crippen LogP contribution >= 0.6 is 11.6 Å². The van der Waals surface area contributed by atoms with E-state index >= 15 is 0 Å². The molecule has 32 heavy (non-hydrogen) atoms. The van der Waals surface area contributed by atoms with Crippen LogP contribution in [0.2, 0.25) is 0 Å². The van der Waals surface area contributed by atoms with Crippen molar-refractivity contribution in [1.82, 2.24) is 0 Å². The minimum absolute atomic E-state index is 0.0371. The van der Waals surface area contributed by atoms with Gasteiger partial charge in [0.1, 0.15) is 26.7 Å². The smallest absolute Gasteiger partial charge is 0.243 e. The quantitative estimate of drug-likeness (QED) is 0.305. The number of carbonyl (C=O) groups is 1. The lowest BCUT2D eigenvalue weighted by atomic mass is 10.0. The van der Waals surface area contributed by atoms with Gasteiger partial charge in [-0.15, -0.1) is 11.6 Å². The van der Waals surface area contributed by atoms with Crippen LogP contribution in [0.3, 0.4) is 0 Å². The van der Waals surface area contributed by atoms with Crippen LogP contribution in [0.5, 0.6) is 0 Å². The first-order chi connectivity index (χ1) is 15.4. The Kier molecular flexibility index (Phi) is 10.3. The Balaban J connectivity index is 0.000000233. The molecular formula is C26H34ClN3O2+2. The Labute approximate surface area is 196 Å². The molecule has 1 amide bonds. The zero-order valence-corrected chi connectivity index (χ0v) is 20.5. The normalized spacial score (nSPS) is 10.3. The highest BCUT2D eigenvalue weighted by Gasteiger charge is 2.19. The first-order valence-electron chi connectivity index (χ1n) is 10.8. The number of carbonyl (C=O) groups excluding carboxylic acids is 1. The highest BCUT2D eigenvalue weighted by molar-refractivity contribution is 6.29. The van der Waals surface area contributed by atoms with Gasteiger partial charge in [-0.1, -0.05) is 25.1 Å². The van der Waals surface area contributed by atoms with Gasteiger partial charge >= 0.3 is 0 Å². The predicted octanol–water partition coefficient (Wildman–Crippen LogP) is 4.13. The van der Waals surface area contributed by atoms with Crippen molar-refractivity contribution >= 4 is 23.2 Å². The van der Waals surface area contributed by atoms with E-state index in [0.29, 0.717) is 6.61 Å². The molecule has 170 valence electrons. The molecule has 6 heteroatoms. The zero-order valence-electron chi connectivity index (χ0n) is 19.7. The van der Waals surface area contributed by atoms with Crippen molar-refractivity contribution in [2.24, 2.45) is 14.1 Å². The molecule has 0 spiro atoms. The molecule has 0 N–H and O–H groups in total. The van der Waals surface area contributed by atoms with E-state index in [-0.39, 0.29) is 18.5 Å². The molecule has 0 bridgehead atoms. The molecular weight excluding hydrogens is 422 g/mol. The summed E-state index contributed by atoms with van der Waals surface area (Å²) in [6, 6.07) is 14.5. The van der Waals surface area contributed by atoms with Crippen LogP contribution in [0.4, 0.5) is 5.69 Å². The number of ether oxygens (including phenoxy) is 1. The molecule has 0 saturated heterocycles. The van der Waals surface area contributed by atoms with Crippen LogP contribution in [-0.2, 0) is 30.0 Å². The second kappa shape index (κ2) is 12.9. The van der Waals surface area contributed by atoms with Crippen molar-refractivity contribution in [3.05, 3.63) is 78.4 Å². The minimum Gasteiger partial charge on any atom is -0.361 e. The first-order valence-corrected chi connectivity index (χ1v) is 11.4. The lowest BCUT2D eigenvalue weighted by Gasteiger charge is -2.25. The molecule has 1 aromatic carbocycles. The number of aromatic nitrogens is 2. The largest absolute Gasteiger partial charge is 0.361 e. The molecule has 0 atom stereocenters. The summed E-state index contributed by atoms with van der Waals surface area (Å²) in [7, 11) is 4.05. The fraction of sp³-hybridized carbons (Fsp3) is 0.346. The van der Waals surface area contributed by atoms with E-state index in [1.807, 2.05) is 55.3 Å². The summed E-state index contributed by atoms with van der Waals surface area (Å²) in [6.45, 7) is 6.79. The molecule has 0 aliphatic rings. The van der Waals surface area contributed by atoms with Crippen molar-refractivity contribution in [2.45, 2.75) is 27.2 Å². The lowest BCUT2D eigenvalue weighted by molar-refractivity contribution is -0.671. The van der Waals surface area contributed by atoms with Gasteiger partial charge in [-0.05, 0) is 42.5 Å². The van der Waals surface area contributed by atoms with E-state index in [4.69, 9.17) is 16.3 Å². The Morgan fingerprint density at radius 1 is 0.938 bits per heavy atom. The van der Waals surface area contributed by atoms with E-state index in [1.54, 1.807) is 4.90 Å². The minimum atomic E-state index is -0.130. The predicted molar refractivity (Wildman–Crippen MR) is 129 cm³/mol. The van der Waals surface area contributed by atoms with Crippen molar-refractivity contribution in [1.29, 1.82) is 0 Å². The summed E-state index contributed by atoms with van der Waals surface area (Å²) in [4.78, 5) is 13.6. The summed E-state index contributed by atoms with van der Waals surface area (Å²) in [5.74, 6) is -0.168. The number of hydrogen-bond acceptors (Lipinski definition) is 2. The molecule has 3 aromatic rings. The van der Waals surface area contributed by atoms with Gasteiger partial charge in [0, 0.05) is 30.9 Å². The third kappa shape index (κ3) is 7.14. The maximum atomic E-state index is 12.0. The van der Waals surface area contributed by atoms with Crippen molar-refractivity contribution in [2.75, 3.05) is 24.1 Å². The molecule has 5 nitrogen and oxygen atoms in total. The van der Waals surface area contributed by atoms with Crippen LogP contribution in [-0.4, -0.2) is 25.1 Å². The topological polar surface area (TPSA) is 37.3 Å². The van der Waals surface area contributed by atoms with E-state index in [0.717, 1.165) is 23.2 Å². The van der Waals surface area contributed by atoms with Gasteiger partial charge in [0.15, 0.2) is 24.8 Å². The first kappa shape index (κ1) is 25.5. The molecule has 2 aromatic heterocycles. The lowest BCUT2D eigenvalue weighted by Crippen LogP contribution is -2.35. The number of anilines is 1. The monoisotopic (exact) mass is 455 g/mol. The molecule has 0 fully saturated rings. The van der Waals surface area contributed by atoms with Gasteiger partial charge in [0.2, 0.25) is 5.91 Å². The van der Waals surface area contributed by atoms with E-state index < -0.39 is 0 Å². The molecule has 2 heterocycles. The molecule has 0 saturated carbocycles. The van der Waals surface area contributed by atoms with Gasteiger partial charge in [-0.2, -0.15) is 0 Å². The Morgan fingerprint density at radius 2 is 1.47 bits per heavy atom. The summed E-state index contributed by atoms with van der Waals surface area (Å²) < 4.78 is 9.44. The van der Waals surface area contributed by atoms with E-state index in [2.05, 4.69) is 56.0 Å². The van der Waals surface area contributed by atoms with Crippen molar-refractivity contribution in [3.8, 4) is 11.1 Å². The zero-order chi connectivity index (χ0) is 23.5. The number of para-hydroxylation sites is 1. The standard InChI is InChI=1S/C14H20ClNO2.C12H14N2/c1-4-12-8-6-7-11(3)14(12)16(10-18-5-2)13(17)9-15;1-13-7-3-11(4-8-13)12-5-9-14(2)10-6-12/h6-8H,4-5,9-10H2,1-3H3;3-10H,1-2H3/q;+2. The van der Waals surface area contributed by atoms with Crippen LogP contribution in [0, 0.1) is 6.92 Å². The molecule has 0 radical (unpaired) electrons. The number of alkyl halides is 1. The summed E-state index contributed by atoms with van der Waals surface area (Å²) in [5.41, 5.74) is 5.63. The van der Waals surface area contributed by atoms with Gasteiger partial charge < -0.3 is 4.74 Å². The number of halogens is 1. The number of amides is 1. The number of hydrogen-bond donors (Lipinski definition) is 0. The third-order valence-corrected chi connectivity index (χ3v) is 5.33. The summed E-state index contributed by atoms with van der Waals surface area (Å²) in [5, 5.41) is 0. The second-order valence-electron chi connectivity index (χ2n) is 7.52. The number of nitrogens with zero attached hydrogens (tertiary/aromatic N) is 3.